The standard InChI is InChI=1S/C23H25N3O2S/c1-3-17-8-10-18(11-9-17)20-12-13-23(26-25-20)29-16-22(27)24-15-14-19-6-4-5-7-21(19)28-2/h4-13H,3,14-16H2,1-2H3,(H,24,27). The highest BCUT2D eigenvalue weighted by atomic mass is 32.2. The molecule has 0 radical (unpaired) electrons. The highest BCUT2D eigenvalue weighted by molar-refractivity contribution is 7.99. The van der Waals surface area contributed by atoms with Gasteiger partial charge >= 0.3 is 0 Å². The Kier molecular flexibility index (Phi) is 7.64. The number of benzene rings is 2. The van der Waals surface area contributed by atoms with E-state index in [0.29, 0.717) is 12.3 Å². The molecule has 1 amide bonds. The van der Waals surface area contributed by atoms with Gasteiger partial charge in [-0.25, -0.2) is 0 Å². The summed E-state index contributed by atoms with van der Waals surface area (Å²) in [6.45, 7) is 2.70. The first-order valence-corrected chi connectivity index (χ1v) is 10.6. The molecule has 0 aliphatic heterocycles. The lowest BCUT2D eigenvalue weighted by Gasteiger charge is -2.09. The van der Waals surface area contributed by atoms with E-state index in [-0.39, 0.29) is 5.91 Å². The maximum absolute atomic E-state index is 12.1. The Balaban J connectivity index is 1.45. The summed E-state index contributed by atoms with van der Waals surface area (Å²) in [5.74, 6) is 1.13. The number of hydrogen-bond acceptors (Lipinski definition) is 5. The van der Waals surface area contributed by atoms with Crippen molar-refractivity contribution in [3.8, 4) is 17.0 Å². The van der Waals surface area contributed by atoms with Crippen LogP contribution in [0.1, 0.15) is 18.1 Å². The van der Waals surface area contributed by atoms with Crippen molar-refractivity contribution in [2.75, 3.05) is 19.4 Å². The highest BCUT2D eigenvalue weighted by Crippen LogP contribution is 2.20. The van der Waals surface area contributed by atoms with Gasteiger partial charge in [-0.15, -0.1) is 10.2 Å². The molecule has 0 fully saturated rings. The number of aromatic nitrogens is 2. The molecule has 0 saturated carbocycles. The van der Waals surface area contributed by atoms with Gasteiger partial charge < -0.3 is 10.1 Å². The fourth-order valence-electron chi connectivity index (χ4n) is 2.90. The van der Waals surface area contributed by atoms with E-state index in [4.69, 9.17) is 4.74 Å². The smallest absolute Gasteiger partial charge is 0.230 e. The maximum Gasteiger partial charge on any atom is 0.230 e. The lowest BCUT2D eigenvalue weighted by molar-refractivity contribution is -0.118. The molecular formula is C23H25N3O2S. The molecule has 1 heterocycles. The summed E-state index contributed by atoms with van der Waals surface area (Å²) >= 11 is 1.38. The number of nitrogens with zero attached hydrogens (tertiary/aromatic N) is 2. The Morgan fingerprint density at radius 3 is 2.52 bits per heavy atom. The van der Waals surface area contributed by atoms with Crippen LogP contribution in [0.15, 0.2) is 65.7 Å². The third-order valence-corrected chi connectivity index (χ3v) is 5.48. The molecule has 1 aromatic heterocycles. The molecule has 0 spiro atoms. The molecule has 1 N–H and O–H groups in total. The van der Waals surface area contributed by atoms with Gasteiger partial charge in [0.05, 0.1) is 18.6 Å². The first kappa shape index (κ1) is 20.9. The summed E-state index contributed by atoms with van der Waals surface area (Å²) in [6.07, 6.45) is 1.74. The maximum atomic E-state index is 12.1. The third-order valence-electron chi connectivity index (χ3n) is 4.56. The second-order valence-electron chi connectivity index (χ2n) is 6.51. The minimum atomic E-state index is -0.0223. The molecule has 0 atom stereocenters. The number of aryl methyl sites for hydroxylation is 1. The van der Waals surface area contributed by atoms with Crippen molar-refractivity contribution >= 4 is 17.7 Å². The van der Waals surface area contributed by atoms with Crippen LogP contribution in [0.3, 0.4) is 0 Å². The summed E-state index contributed by atoms with van der Waals surface area (Å²) in [4.78, 5) is 12.1. The minimum Gasteiger partial charge on any atom is -0.496 e. The molecule has 6 heteroatoms. The van der Waals surface area contributed by atoms with Crippen molar-refractivity contribution in [1.82, 2.24) is 15.5 Å². The fourth-order valence-corrected chi connectivity index (χ4v) is 3.54. The quantitative estimate of drug-likeness (QED) is 0.540. The van der Waals surface area contributed by atoms with Gasteiger partial charge in [0.25, 0.3) is 0 Å². The van der Waals surface area contributed by atoms with Crippen LogP contribution >= 0.6 is 11.8 Å². The molecular weight excluding hydrogens is 382 g/mol. The molecule has 0 aliphatic carbocycles. The van der Waals surface area contributed by atoms with Gasteiger partial charge in [-0.3, -0.25) is 4.79 Å². The van der Waals surface area contributed by atoms with E-state index in [1.807, 2.05) is 36.4 Å². The second-order valence-corrected chi connectivity index (χ2v) is 7.50. The number of amides is 1. The van der Waals surface area contributed by atoms with Crippen LogP contribution in [0.25, 0.3) is 11.3 Å². The van der Waals surface area contributed by atoms with Gasteiger partial charge in [-0.2, -0.15) is 0 Å². The Hall–Kier alpha value is -2.86. The summed E-state index contributed by atoms with van der Waals surface area (Å²) in [5.41, 5.74) is 4.25. The molecule has 5 nitrogen and oxygen atoms in total. The number of carbonyl (C=O) groups is 1. The monoisotopic (exact) mass is 407 g/mol. The van der Waals surface area contributed by atoms with E-state index in [1.54, 1.807) is 7.11 Å². The van der Waals surface area contributed by atoms with E-state index in [0.717, 1.165) is 40.4 Å². The van der Waals surface area contributed by atoms with E-state index in [1.165, 1.54) is 17.3 Å². The topological polar surface area (TPSA) is 64.1 Å². The van der Waals surface area contributed by atoms with Gasteiger partial charge in [0, 0.05) is 12.1 Å². The van der Waals surface area contributed by atoms with Crippen molar-refractivity contribution in [3.05, 3.63) is 71.8 Å². The van der Waals surface area contributed by atoms with Crippen LogP contribution in [0.2, 0.25) is 0 Å². The number of nitrogens with one attached hydrogen (secondary N) is 1. The van der Waals surface area contributed by atoms with E-state index >= 15 is 0 Å². The van der Waals surface area contributed by atoms with Gasteiger partial charge in [0.2, 0.25) is 5.91 Å². The van der Waals surface area contributed by atoms with Crippen LogP contribution < -0.4 is 10.1 Å². The summed E-state index contributed by atoms with van der Waals surface area (Å²) in [5, 5.41) is 12.2. The van der Waals surface area contributed by atoms with E-state index < -0.39 is 0 Å². The predicted molar refractivity (Wildman–Crippen MR) is 117 cm³/mol. The number of rotatable bonds is 9. The van der Waals surface area contributed by atoms with Crippen molar-refractivity contribution in [1.29, 1.82) is 0 Å². The highest BCUT2D eigenvalue weighted by Gasteiger charge is 2.07. The Labute approximate surface area is 175 Å². The Morgan fingerprint density at radius 1 is 1.03 bits per heavy atom. The number of carbonyl (C=O) groups excluding carboxylic acids is 1. The number of ether oxygens (including phenoxy) is 1. The predicted octanol–water partition coefficient (Wildman–Crippen LogP) is 4.17. The molecule has 0 bridgehead atoms. The third kappa shape index (κ3) is 6.06. The van der Waals surface area contributed by atoms with Crippen LogP contribution in [0.5, 0.6) is 5.75 Å². The van der Waals surface area contributed by atoms with Crippen molar-refractivity contribution in [2.24, 2.45) is 0 Å². The van der Waals surface area contributed by atoms with Gasteiger partial charge in [0.15, 0.2) is 0 Å². The molecule has 0 unspecified atom stereocenters. The molecule has 150 valence electrons. The summed E-state index contributed by atoms with van der Waals surface area (Å²) in [6, 6.07) is 20.0. The lowest BCUT2D eigenvalue weighted by Crippen LogP contribution is -2.27. The largest absolute Gasteiger partial charge is 0.496 e. The van der Waals surface area contributed by atoms with Gasteiger partial charge in [-0.05, 0) is 42.2 Å². The van der Waals surface area contributed by atoms with Crippen molar-refractivity contribution in [3.63, 3.8) is 0 Å². The zero-order valence-electron chi connectivity index (χ0n) is 16.7. The van der Waals surface area contributed by atoms with Crippen LogP contribution in [-0.4, -0.2) is 35.5 Å². The number of thioether (sulfide) groups is 1. The molecule has 2 aromatic carbocycles. The fraction of sp³-hybridized carbons (Fsp3) is 0.261. The molecule has 3 aromatic rings. The first-order chi connectivity index (χ1) is 14.2. The van der Waals surface area contributed by atoms with Gasteiger partial charge in [-0.1, -0.05) is 61.2 Å². The second kappa shape index (κ2) is 10.6. The molecule has 3 rings (SSSR count). The van der Waals surface area contributed by atoms with Gasteiger partial charge in [0.1, 0.15) is 10.8 Å². The van der Waals surface area contributed by atoms with E-state index in [9.17, 15) is 4.79 Å². The number of methoxy groups -OCH3 is 1. The average molecular weight is 408 g/mol. The van der Waals surface area contributed by atoms with Crippen molar-refractivity contribution in [2.45, 2.75) is 24.8 Å². The Bertz CT molecular complexity index is 928. The number of hydrogen-bond donors (Lipinski definition) is 1. The van der Waals surface area contributed by atoms with Crippen LogP contribution in [0, 0.1) is 0 Å². The van der Waals surface area contributed by atoms with Crippen LogP contribution in [0.4, 0.5) is 0 Å². The zero-order chi connectivity index (χ0) is 20.5. The molecule has 0 aliphatic rings. The molecule has 29 heavy (non-hydrogen) atoms. The average Bonchev–Trinajstić information content (AvgIpc) is 2.78. The normalized spacial score (nSPS) is 10.6. The summed E-state index contributed by atoms with van der Waals surface area (Å²) < 4.78 is 5.33. The van der Waals surface area contributed by atoms with E-state index in [2.05, 4.69) is 46.7 Å². The number of para-hydroxylation sites is 1. The van der Waals surface area contributed by atoms with Crippen molar-refractivity contribution < 1.29 is 9.53 Å². The zero-order valence-corrected chi connectivity index (χ0v) is 17.5. The van der Waals surface area contributed by atoms with Crippen LogP contribution in [-0.2, 0) is 17.6 Å². The first-order valence-electron chi connectivity index (χ1n) is 9.64. The molecule has 0 saturated heterocycles. The minimum absolute atomic E-state index is 0.0223. The summed E-state index contributed by atoms with van der Waals surface area (Å²) in [7, 11) is 1.65. The SMILES string of the molecule is CCc1ccc(-c2ccc(SCC(=O)NCCc3ccccc3OC)nn2)cc1. The lowest BCUT2D eigenvalue weighted by atomic mass is 10.1. The Morgan fingerprint density at radius 2 is 1.83 bits per heavy atom.